The number of likely N-dealkylation sites (N-methyl/N-ethyl adjacent to an activating group) is 3. The number of benzene rings is 3. The summed E-state index contributed by atoms with van der Waals surface area (Å²) in [4.78, 5) is 129. The number of Topliss-reactive ketones (excluding diaryl/α,β-unsaturated/α-hetero) is 1. The molecule has 0 unspecified atom stereocenters. The number of methoxy groups -OCH3 is 2. The highest BCUT2D eigenvalue weighted by atomic mass is 16.5. The van der Waals surface area contributed by atoms with E-state index in [2.05, 4.69) is 10.6 Å². The smallest absolute Gasteiger partial charge is 0.330 e. The molecule has 3 aromatic rings. The quantitative estimate of drug-likeness (QED) is 0.221. The molecular formula is C58H76N6O14. The zero-order valence-corrected chi connectivity index (χ0v) is 46.4. The highest BCUT2D eigenvalue weighted by Gasteiger charge is 2.43. The number of rotatable bonds is 9. The number of aryl methyl sites for hydroxylation is 1. The van der Waals surface area contributed by atoms with Crippen LogP contribution >= 0.6 is 0 Å². The minimum absolute atomic E-state index is 0.0885. The molecule has 5 atom stereocenters. The molecule has 78 heavy (non-hydrogen) atoms. The van der Waals surface area contributed by atoms with Crippen molar-refractivity contribution in [3.63, 3.8) is 0 Å². The maximum absolute atomic E-state index is 14.3. The Morgan fingerprint density at radius 1 is 0.756 bits per heavy atom. The number of esters is 2. The zero-order chi connectivity index (χ0) is 57.1. The number of fused-ring (bicyclic) bond motifs is 3. The van der Waals surface area contributed by atoms with Gasteiger partial charge in [0.15, 0.2) is 18.1 Å². The molecule has 2 aliphatic rings. The number of ketones is 1. The van der Waals surface area contributed by atoms with Gasteiger partial charge in [0.25, 0.3) is 11.8 Å². The minimum atomic E-state index is -1.49. The van der Waals surface area contributed by atoms with Crippen molar-refractivity contribution < 1.29 is 66.8 Å². The number of carbonyl (C=O) groups is 9. The summed E-state index contributed by atoms with van der Waals surface area (Å²) in [5.74, 6) is -4.82. The molecule has 5 rings (SSSR count). The minimum Gasteiger partial charge on any atom is -0.493 e. The third-order valence-corrected chi connectivity index (χ3v) is 13.8. The van der Waals surface area contributed by atoms with E-state index in [-0.39, 0.29) is 50.9 Å². The van der Waals surface area contributed by atoms with E-state index in [1.807, 2.05) is 37.3 Å². The second kappa shape index (κ2) is 29.1. The van der Waals surface area contributed by atoms with E-state index in [1.54, 1.807) is 49.5 Å². The number of hydrogen-bond acceptors (Lipinski definition) is 14. The topological polar surface area (TPSA) is 237 Å². The Bertz CT molecular complexity index is 2640. The van der Waals surface area contributed by atoms with Gasteiger partial charge in [-0.25, -0.2) is 9.59 Å². The standard InChI is InChI=1S/C58H76N6O14/c1-10-19-43-55(71)61(5)30-16-15-25-51(67)77-37-58(3,4)52(68)56(72)64-31-17-14-24-44(64)57(73)78-46(28-26-40-27-29-47(74-8)48(33-40)75-9)41-22-18-23-42(34-41)76-36-50(66)62(6)35-49(65)59-38(2)54(70)63(7)45(53(69)60-43)32-39-20-12-11-13-21-39/h11-13,15,18,20-23,25,27,29,33-34,38,43-46H,10,14,16-17,19,24,26,28,30-32,35-37H2,1-9H3,(H,59,65)(H,60,69)/t38-,43+,44+,45+,46-/m1/s1. The average molecular weight is 1080 g/mol. The average Bonchev–Trinajstić information content (AvgIpc) is 3.44. The number of nitrogens with zero attached hydrogens (tertiary/aromatic N) is 4. The molecule has 0 aromatic heterocycles. The lowest BCUT2D eigenvalue weighted by Gasteiger charge is -2.36. The van der Waals surface area contributed by atoms with Crippen LogP contribution in [-0.2, 0) is 65.5 Å². The summed E-state index contributed by atoms with van der Waals surface area (Å²) in [6.45, 7) is 5.17. The fourth-order valence-corrected chi connectivity index (χ4v) is 9.10. The SMILES string of the molecule is CCC[C@@H]1NC(=O)[C@H](Cc2ccccc2)N(C)C(=O)[C@@H](C)NC(=O)CN(C)C(=O)COc2cccc(c2)[C@@H](CCc2ccc(OC)c(OC)c2)OC(=O)[C@@H]2CCCCN2C(=O)C(=O)C(C)(C)COC(=O)C=CCCN(C)C1=O. The van der Waals surface area contributed by atoms with E-state index in [0.717, 1.165) is 16.0 Å². The van der Waals surface area contributed by atoms with Gasteiger partial charge in [-0.15, -0.1) is 0 Å². The van der Waals surface area contributed by atoms with E-state index < -0.39 is 109 Å². The van der Waals surface area contributed by atoms with E-state index in [1.165, 1.54) is 75.9 Å². The van der Waals surface area contributed by atoms with E-state index >= 15 is 0 Å². The van der Waals surface area contributed by atoms with Gasteiger partial charge in [0, 0.05) is 46.7 Å². The van der Waals surface area contributed by atoms with Gasteiger partial charge in [-0.2, -0.15) is 0 Å². The van der Waals surface area contributed by atoms with Crippen LogP contribution in [0, 0.1) is 5.41 Å². The van der Waals surface area contributed by atoms with Gasteiger partial charge in [-0.05, 0) is 107 Å². The summed E-state index contributed by atoms with van der Waals surface area (Å²) in [6, 6.07) is 16.8. The molecule has 3 aromatic carbocycles. The first-order valence-corrected chi connectivity index (χ1v) is 26.4. The molecule has 2 N–H and O–H groups in total. The Labute approximate surface area is 457 Å². The number of nitrogens with one attached hydrogen (secondary N) is 2. The third kappa shape index (κ3) is 17.1. The van der Waals surface area contributed by atoms with E-state index in [4.69, 9.17) is 23.7 Å². The number of piperidine rings is 1. The van der Waals surface area contributed by atoms with Crippen LogP contribution in [0.15, 0.2) is 84.9 Å². The van der Waals surface area contributed by atoms with Crippen molar-refractivity contribution in [1.29, 1.82) is 0 Å². The van der Waals surface area contributed by atoms with Gasteiger partial charge in [0.05, 0.1) is 26.2 Å². The second-order valence-corrected chi connectivity index (χ2v) is 20.3. The Kier molecular flexibility index (Phi) is 22.8. The Morgan fingerprint density at radius 2 is 1.49 bits per heavy atom. The van der Waals surface area contributed by atoms with Crippen LogP contribution in [0.1, 0.15) is 95.4 Å². The van der Waals surface area contributed by atoms with Crippen LogP contribution in [0.5, 0.6) is 17.2 Å². The fraction of sp³-hybridized carbons (Fsp3) is 0.500. The predicted molar refractivity (Wildman–Crippen MR) is 288 cm³/mol. The van der Waals surface area contributed by atoms with Crippen molar-refractivity contribution in [2.45, 2.75) is 116 Å². The largest absolute Gasteiger partial charge is 0.493 e. The summed E-state index contributed by atoms with van der Waals surface area (Å²) in [7, 11) is 7.47. The Hall–Kier alpha value is -7.77. The summed E-state index contributed by atoms with van der Waals surface area (Å²) < 4.78 is 28.6. The normalized spacial score (nSPS) is 22.5. The van der Waals surface area contributed by atoms with E-state index in [9.17, 15) is 43.2 Å². The maximum atomic E-state index is 14.3. The molecule has 0 saturated carbocycles. The summed E-state index contributed by atoms with van der Waals surface area (Å²) in [5.41, 5.74) is 0.605. The first kappa shape index (κ1) is 61.1. The lowest BCUT2D eigenvalue weighted by atomic mass is 9.87. The molecule has 422 valence electrons. The fourth-order valence-electron chi connectivity index (χ4n) is 9.10. The molecule has 0 aliphatic carbocycles. The Balaban J connectivity index is 1.43. The number of hydrogen-bond donors (Lipinski definition) is 2. The lowest BCUT2D eigenvalue weighted by molar-refractivity contribution is -0.165. The van der Waals surface area contributed by atoms with Crippen LogP contribution < -0.4 is 24.8 Å². The number of cyclic esters (lactones) is 2. The van der Waals surface area contributed by atoms with E-state index in [0.29, 0.717) is 42.7 Å². The van der Waals surface area contributed by atoms with Gasteiger partial charge in [-0.3, -0.25) is 33.6 Å². The molecule has 6 amide bonds. The van der Waals surface area contributed by atoms with Gasteiger partial charge >= 0.3 is 11.9 Å². The molecular weight excluding hydrogens is 1000 g/mol. The predicted octanol–water partition coefficient (Wildman–Crippen LogP) is 4.56. The van der Waals surface area contributed by atoms with Gasteiger partial charge < -0.3 is 53.9 Å². The molecule has 1 saturated heterocycles. The van der Waals surface area contributed by atoms with Crippen LogP contribution in [0.2, 0.25) is 0 Å². The summed E-state index contributed by atoms with van der Waals surface area (Å²) in [5, 5.41) is 5.50. The molecule has 0 spiro atoms. The molecule has 0 radical (unpaired) electrons. The summed E-state index contributed by atoms with van der Waals surface area (Å²) >= 11 is 0. The molecule has 2 bridgehead atoms. The lowest BCUT2D eigenvalue weighted by Crippen LogP contribution is -2.57. The maximum Gasteiger partial charge on any atom is 0.330 e. The van der Waals surface area contributed by atoms with Crippen molar-refractivity contribution >= 4 is 53.2 Å². The van der Waals surface area contributed by atoms with Crippen LogP contribution in [0.25, 0.3) is 0 Å². The third-order valence-electron chi connectivity index (χ3n) is 13.8. The molecule has 20 heteroatoms. The van der Waals surface area contributed by atoms with Gasteiger partial charge in [-0.1, -0.05) is 68.0 Å². The Morgan fingerprint density at radius 3 is 2.19 bits per heavy atom. The molecule has 2 aliphatic heterocycles. The van der Waals surface area contributed by atoms with Crippen molar-refractivity contribution in [3.8, 4) is 17.2 Å². The van der Waals surface area contributed by atoms with Crippen LogP contribution in [0.4, 0.5) is 0 Å². The number of amides is 6. The van der Waals surface area contributed by atoms with Gasteiger partial charge in [0.2, 0.25) is 29.4 Å². The van der Waals surface area contributed by atoms with Crippen LogP contribution in [0.3, 0.4) is 0 Å². The zero-order valence-electron chi connectivity index (χ0n) is 46.4. The number of carbonyl (C=O) groups excluding carboxylic acids is 9. The molecule has 20 nitrogen and oxygen atoms in total. The molecule has 2 heterocycles. The summed E-state index contributed by atoms with van der Waals surface area (Å²) in [6.07, 6.45) is 4.87. The van der Waals surface area contributed by atoms with Crippen molar-refractivity contribution in [2.24, 2.45) is 5.41 Å². The number of ether oxygens (including phenoxy) is 5. The van der Waals surface area contributed by atoms with Gasteiger partial charge in [0.1, 0.15) is 42.6 Å². The first-order chi connectivity index (χ1) is 37.2. The highest BCUT2D eigenvalue weighted by Crippen LogP contribution is 2.33. The van der Waals surface area contributed by atoms with Crippen LogP contribution in [-0.4, -0.2) is 165 Å². The van der Waals surface area contributed by atoms with Crippen molar-refractivity contribution in [3.05, 3.63) is 102 Å². The first-order valence-electron chi connectivity index (χ1n) is 26.4. The van der Waals surface area contributed by atoms with Crippen molar-refractivity contribution in [1.82, 2.24) is 30.2 Å². The molecule has 1 fully saturated rings. The second-order valence-electron chi connectivity index (χ2n) is 20.3. The monoisotopic (exact) mass is 1080 g/mol. The highest BCUT2D eigenvalue weighted by molar-refractivity contribution is 6.38. The van der Waals surface area contributed by atoms with Crippen molar-refractivity contribution in [2.75, 3.05) is 68.2 Å².